The summed E-state index contributed by atoms with van der Waals surface area (Å²) in [6.07, 6.45) is -0.683. The first-order chi connectivity index (χ1) is 10.0. The minimum Gasteiger partial charge on any atom is -0.378 e. The van der Waals surface area contributed by atoms with Crippen LogP contribution in [0.3, 0.4) is 0 Å². The molecule has 2 N–H and O–H groups in total. The quantitative estimate of drug-likeness (QED) is 0.849. The van der Waals surface area contributed by atoms with Crippen molar-refractivity contribution in [1.82, 2.24) is 4.98 Å². The molecular weight excluding hydrogens is 283 g/mol. The van der Waals surface area contributed by atoms with Crippen LogP contribution in [-0.4, -0.2) is 37.3 Å². The van der Waals surface area contributed by atoms with Gasteiger partial charge in [-0.3, -0.25) is 0 Å². The Morgan fingerprint density at radius 3 is 2.52 bits per heavy atom. The molecule has 0 radical (unpaired) electrons. The van der Waals surface area contributed by atoms with E-state index in [4.69, 9.17) is 10.5 Å². The number of halogens is 3. The average molecular weight is 303 g/mol. The summed E-state index contributed by atoms with van der Waals surface area (Å²) in [6.45, 7) is 2.77. The minimum absolute atomic E-state index is 0.210. The molecule has 0 atom stereocenters. The van der Waals surface area contributed by atoms with E-state index in [2.05, 4.69) is 4.98 Å². The van der Waals surface area contributed by atoms with Gasteiger partial charge in [0.2, 0.25) is 0 Å². The zero-order valence-electron chi connectivity index (χ0n) is 11.8. The molecule has 1 aromatic rings. The second-order valence-corrected chi connectivity index (χ2v) is 5.10. The number of rotatable bonds is 5. The van der Waals surface area contributed by atoms with Crippen LogP contribution in [0.4, 0.5) is 19.0 Å². The van der Waals surface area contributed by atoms with Gasteiger partial charge in [-0.25, -0.2) is 4.98 Å². The van der Waals surface area contributed by atoms with Crippen LogP contribution in [0.15, 0.2) is 18.3 Å². The van der Waals surface area contributed by atoms with Crippen molar-refractivity contribution in [3.8, 4) is 0 Å². The highest BCUT2D eigenvalue weighted by molar-refractivity contribution is 5.40. The van der Waals surface area contributed by atoms with E-state index >= 15 is 0 Å². The molecule has 0 saturated carbocycles. The van der Waals surface area contributed by atoms with Crippen molar-refractivity contribution in [2.45, 2.75) is 31.5 Å². The highest BCUT2D eigenvalue weighted by Gasteiger charge is 2.31. The highest BCUT2D eigenvalue weighted by atomic mass is 19.4. The van der Waals surface area contributed by atoms with E-state index in [9.17, 15) is 13.2 Å². The molecule has 0 amide bonds. The Kier molecular flexibility index (Phi) is 5.41. The number of nitrogens with two attached hydrogens (primary N) is 1. The van der Waals surface area contributed by atoms with Gasteiger partial charge in [0.15, 0.2) is 0 Å². The molecule has 0 aromatic carbocycles. The predicted molar refractivity (Wildman–Crippen MR) is 74.1 cm³/mol. The molecule has 0 spiro atoms. The molecule has 4 nitrogen and oxygen atoms in total. The van der Waals surface area contributed by atoms with Crippen molar-refractivity contribution < 1.29 is 17.9 Å². The molecule has 2 rings (SSSR count). The lowest BCUT2D eigenvalue weighted by Crippen LogP contribution is -2.37. The largest absolute Gasteiger partial charge is 0.417 e. The van der Waals surface area contributed by atoms with Crippen LogP contribution in [0.25, 0.3) is 0 Å². The molecular formula is C14H20F3N3O. The second-order valence-electron chi connectivity index (χ2n) is 5.10. The summed E-state index contributed by atoms with van der Waals surface area (Å²) in [5.41, 5.74) is 4.69. The van der Waals surface area contributed by atoms with Gasteiger partial charge < -0.3 is 15.4 Å². The van der Waals surface area contributed by atoms with Crippen molar-refractivity contribution in [2.24, 2.45) is 5.73 Å². The topological polar surface area (TPSA) is 51.4 Å². The van der Waals surface area contributed by atoms with E-state index < -0.39 is 11.7 Å². The van der Waals surface area contributed by atoms with Gasteiger partial charge in [0.1, 0.15) is 5.82 Å². The average Bonchev–Trinajstić information content (AvgIpc) is 2.48. The van der Waals surface area contributed by atoms with Crippen LogP contribution in [0.5, 0.6) is 0 Å². The standard InChI is InChI=1S/C14H20F3N3O/c15-14(16,17)11-2-3-13(19-10-11)20-7-4-12(5-8-20)21-9-1-6-18/h2-3,10,12H,1,4-9,18H2. The maximum atomic E-state index is 12.5. The fraction of sp³-hybridized carbons (Fsp3) is 0.643. The summed E-state index contributed by atoms with van der Waals surface area (Å²) in [7, 11) is 0. The zero-order chi connectivity index (χ0) is 15.3. The number of hydrogen-bond donors (Lipinski definition) is 1. The fourth-order valence-corrected chi connectivity index (χ4v) is 2.33. The van der Waals surface area contributed by atoms with Gasteiger partial charge in [-0.2, -0.15) is 13.2 Å². The normalized spacial score (nSPS) is 17.2. The Hall–Kier alpha value is -1.34. The first-order valence-electron chi connectivity index (χ1n) is 7.10. The number of aromatic nitrogens is 1. The third-order valence-corrected chi connectivity index (χ3v) is 3.54. The molecule has 0 aliphatic carbocycles. The van der Waals surface area contributed by atoms with Crippen LogP contribution < -0.4 is 10.6 Å². The van der Waals surface area contributed by atoms with Crippen LogP contribution in [0.2, 0.25) is 0 Å². The molecule has 21 heavy (non-hydrogen) atoms. The van der Waals surface area contributed by atoms with E-state index in [1.54, 1.807) is 0 Å². The summed E-state index contributed by atoms with van der Waals surface area (Å²) in [6, 6.07) is 2.50. The Morgan fingerprint density at radius 1 is 1.29 bits per heavy atom. The van der Waals surface area contributed by atoms with Crippen LogP contribution in [0.1, 0.15) is 24.8 Å². The lowest BCUT2D eigenvalue weighted by atomic mass is 10.1. The Labute approximate surface area is 122 Å². The summed E-state index contributed by atoms with van der Waals surface area (Å²) in [4.78, 5) is 5.91. The van der Waals surface area contributed by atoms with E-state index in [-0.39, 0.29) is 6.10 Å². The number of piperidine rings is 1. The van der Waals surface area contributed by atoms with E-state index in [1.165, 1.54) is 6.07 Å². The maximum Gasteiger partial charge on any atom is 0.417 e. The zero-order valence-corrected chi connectivity index (χ0v) is 11.8. The molecule has 1 aromatic heterocycles. The van der Waals surface area contributed by atoms with E-state index in [1.807, 2.05) is 4.90 Å². The molecule has 7 heteroatoms. The van der Waals surface area contributed by atoms with Crippen LogP contribution in [-0.2, 0) is 10.9 Å². The van der Waals surface area contributed by atoms with Crippen molar-refractivity contribution >= 4 is 5.82 Å². The molecule has 0 unspecified atom stereocenters. The number of anilines is 1. The number of alkyl halides is 3. The summed E-state index contributed by atoms with van der Waals surface area (Å²) in [5.74, 6) is 0.586. The van der Waals surface area contributed by atoms with Gasteiger partial charge in [0, 0.05) is 25.9 Å². The molecule has 0 bridgehead atoms. The van der Waals surface area contributed by atoms with Gasteiger partial charge in [-0.15, -0.1) is 0 Å². The Morgan fingerprint density at radius 2 is 2.00 bits per heavy atom. The Bertz CT molecular complexity index is 428. The van der Waals surface area contributed by atoms with E-state index in [0.717, 1.165) is 44.6 Å². The van der Waals surface area contributed by atoms with Crippen molar-refractivity contribution in [2.75, 3.05) is 31.1 Å². The third kappa shape index (κ3) is 4.57. The number of pyridine rings is 1. The first-order valence-corrected chi connectivity index (χ1v) is 7.10. The van der Waals surface area contributed by atoms with Gasteiger partial charge in [-0.1, -0.05) is 0 Å². The molecule has 1 aliphatic heterocycles. The van der Waals surface area contributed by atoms with Gasteiger partial charge in [-0.05, 0) is 37.9 Å². The third-order valence-electron chi connectivity index (χ3n) is 3.54. The summed E-state index contributed by atoms with van der Waals surface area (Å²) < 4.78 is 43.1. The molecule has 1 fully saturated rings. The van der Waals surface area contributed by atoms with Crippen molar-refractivity contribution in [1.29, 1.82) is 0 Å². The molecule has 118 valence electrons. The first kappa shape index (κ1) is 16.0. The van der Waals surface area contributed by atoms with Crippen LogP contribution >= 0.6 is 0 Å². The van der Waals surface area contributed by atoms with Gasteiger partial charge in [0.25, 0.3) is 0 Å². The summed E-state index contributed by atoms with van der Waals surface area (Å²) in [5, 5.41) is 0. The smallest absolute Gasteiger partial charge is 0.378 e. The lowest BCUT2D eigenvalue weighted by molar-refractivity contribution is -0.137. The molecule has 1 aliphatic rings. The molecule has 2 heterocycles. The number of nitrogens with zero attached hydrogens (tertiary/aromatic N) is 2. The number of hydrogen-bond acceptors (Lipinski definition) is 4. The SMILES string of the molecule is NCCCOC1CCN(c2ccc(C(F)(F)F)cn2)CC1. The fourth-order valence-electron chi connectivity index (χ4n) is 2.33. The maximum absolute atomic E-state index is 12.5. The Balaban J connectivity index is 1.85. The van der Waals surface area contributed by atoms with Gasteiger partial charge >= 0.3 is 6.18 Å². The number of ether oxygens (including phenoxy) is 1. The summed E-state index contributed by atoms with van der Waals surface area (Å²) >= 11 is 0. The lowest BCUT2D eigenvalue weighted by Gasteiger charge is -2.32. The van der Waals surface area contributed by atoms with Gasteiger partial charge in [0.05, 0.1) is 11.7 Å². The molecule has 1 saturated heterocycles. The highest BCUT2D eigenvalue weighted by Crippen LogP contribution is 2.29. The predicted octanol–water partition coefficient (Wildman–Crippen LogP) is 2.43. The van der Waals surface area contributed by atoms with Crippen molar-refractivity contribution in [3.05, 3.63) is 23.9 Å². The van der Waals surface area contributed by atoms with E-state index in [0.29, 0.717) is 19.0 Å². The second kappa shape index (κ2) is 7.09. The monoisotopic (exact) mass is 303 g/mol. The van der Waals surface area contributed by atoms with Crippen molar-refractivity contribution in [3.63, 3.8) is 0 Å². The minimum atomic E-state index is -4.34. The van der Waals surface area contributed by atoms with Crippen LogP contribution in [0, 0.1) is 0 Å².